The van der Waals surface area contributed by atoms with Gasteiger partial charge in [0.05, 0.1) is 5.57 Å². The molecule has 18 heavy (non-hydrogen) atoms. The standard InChI is InChI=1S/C14H14N2O2/c1-8-13-12(10(7-17)14(15-8)18-2)9-5-3-4-6-11(9)16-13/h3-6,8,14-16H,1-2H3. The second-order valence-corrected chi connectivity index (χ2v) is 4.48. The largest absolute Gasteiger partial charge is 0.361 e. The quantitative estimate of drug-likeness (QED) is 0.752. The lowest BCUT2D eigenvalue weighted by Gasteiger charge is -2.28. The Kier molecular flexibility index (Phi) is 2.56. The Bertz CT molecular complexity index is 653. The monoisotopic (exact) mass is 242 g/mol. The summed E-state index contributed by atoms with van der Waals surface area (Å²) >= 11 is 0. The highest BCUT2D eigenvalue weighted by Crippen LogP contribution is 2.36. The van der Waals surface area contributed by atoms with Gasteiger partial charge in [0.1, 0.15) is 12.2 Å². The Morgan fingerprint density at radius 3 is 2.83 bits per heavy atom. The molecule has 0 fully saturated rings. The third kappa shape index (κ3) is 1.44. The van der Waals surface area contributed by atoms with Crippen LogP contribution in [-0.2, 0) is 9.53 Å². The molecule has 0 saturated heterocycles. The van der Waals surface area contributed by atoms with Crippen molar-refractivity contribution in [3.63, 3.8) is 0 Å². The molecule has 1 aliphatic heterocycles. The summed E-state index contributed by atoms with van der Waals surface area (Å²) in [6, 6.07) is 8.06. The molecule has 1 aromatic heterocycles. The van der Waals surface area contributed by atoms with E-state index in [0.29, 0.717) is 5.57 Å². The molecule has 2 heterocycles. The molecule has 2 aromatic rings. The van der Waals surface area contributed by atoms with Crippen LogP contribution in [0.4, 0.5) is 0 Å². The molecule has 4 nitrogen and oxygen atoms in total. The lowest BCUT2D eigenvalue weighted by atomic mass is 9.95. The molecule has 0 spiro atoms. The molecular weight excluding hydrogens is 228 g/mol. The minimum absolute atomic E-state index is 0.106. The Morgan fingerprint density at radius 2 is 2.11 bits per heavy atom. The summed E-state index contributed by atoms with van der Waals surface area (Å²) in [4.78, 5) is 14.6. The van der Waals surface area contributed by atoms with Gasteiger partial charge >= 0.3 is 0 Å². The van der Waals surface area contributed by atoms with E-state index in [9.17, 15) is 4.79 Å². The molecule has 2 N–H and O–H groups in total. The Hall–Kier alpha value is -1.87. The Morgan fingerprint density at radius 1 is 1.33 bits per heavy atom. The summed E-state index contributed by atoms with van der Waals surface area (Å²) in [6.07, 6.45) is -0.399. The molecule has 0 aliphatic carbocycles. The molecule has 4 heteroatoms. The van der Waals surface area contributed by atoms with Crippen molar-refractivity contribution in [2.24, 2.45) is 0 Å². The predicted octanol–water partition coefficient (Wildman–Crippen LogP) is 2.02. The number of aromatic nitrogens is 1. The number of ether oxygens (including phenoxy) is 1. The maximum absolute atomic E-state index is 11.2. The first kappa shape index (κ1) is 11.2. The van der Waals surface area contributed by atoms with Crippen LogP contribution in [0, 0.1) is 0 Å². The maximum atomic E-state index is 11.2. The van der Waals surface area contributed by atoms with Crippen LogP contribution < -0.4 is 5.32 Å². The van der Waals surface area contributed by atoms with E-state index in [-0.39, 0.29) is 6.04 Å². The summed E-state index contributed by atoms with van der Waals surface area (Å²) < 4.78 is 5.32. The van der Waals surface area contributed by atoms with Gasteiger partial charge in [0.25, 0.3) is 0 Å². The number of benzene rings is 1. The van der Waals surface area contributed by atoms with Crippen LogP contribution in [0.3, 0.4) is 0 Å². The highest BCUT2D eigenvalue weighted by atomic mass is 16.5. The number of carbonyl (C=O) groups excluding carboxylic acids is 1. The first-order valence-electron chi connectivity index (χ1n) is 5.91. The van der Waals surface area contributed by atoms with Crippen LogP contribution in [0.1, 0.15) is 24.2 Å². The minimum atomic E-state index is -0.399. The highest BCUT2D eigenvalue weighted by molar-refractivity contribution is 6.03. The van der Waals surface area contributed by atoms with E-state index in [2.05, 4.69) is 10.3 Å². The number of fused-ring (bicyclic) bond motifs is 3. The van der Waals surface area contributed by atoms with Gasteiger partial charge in [-0.25, -0.2) is 4.79 Å². The average Bonchev–Trinajstić information content (AvgIpc) is 2.79. The van der Waals surface area contributed by atoms with Gasteiger partial charge in [0.2, 0.25) is 0 Å². The summed E-state index contributed by atoms with van der Waals surface area (Å²) in [5, 5.41) is 4.27. The average molecular weight is 242 g/mol. The van der Waals surface area contributed by atoms with Crippen molar-refractivity contribution in [1.29, 1.82) is 0 Å². The lowest BCUT2D eigenvalue weighted by Crippen LogP contribution is -2.38. The fourth-order valence-electron chi connectivity index (χ4n) is 2.59. The number of nitrogens with one attached hydrogen (secondary N) is 2. The van der Waals surface area contributed by atoms with Crippen LogP contribution in [0.25, 0.3) is 16.5 Å². The van der Waals surface area contributed by atoms with Gasteiger partial charge < -0.3 is 9.72 Å². The van der Waals surface area contributed by atoms with Gasteiger partial charge in [0, 0.05) is 35.3 Å². The number of rotatable bonds is 1. The first-order chi connectivity index (χ1) is 8.76. The third-order valence-corrected chi connectivity index (χ3v) is 3.45. The minimum Gasteiger partial charge on any atom is -0.361 e. The van der Waals surface area contributed by atoms with Gasteiger partial charge in [0.15, 0.2) is 0 Å². The SMILES string of the molecule is COC1NC(C)c2[nH]c3ccccc3c2C1=C=O. The van der Waals surface area contributed by atoms with Crippen molar-refractivity contribution >= 4 is 22.4 Å². The fraction of sp³-hybridized carbons (Fsp3) is 0.286. The zero-order chi connectivity index (χ0) is 12.7. The number of aromatic amines is 1. The summed E-state index contributed by atoms with van der Waals surface area (Å²) in [5.41, 5.74) is 3.50. The van der Waals surface area contributed by atoms with E-state index in [4.69, 9.17) is 4.74 Å². The van der Waals surface area contributed by atoms with Crippen LogP contribution >= 0.6 is 0 Å². The van der Waals surface area contributed by atoms with Gasteiger partial charge in [-0.15, -0.1) is 0 Å². The van der Waals surface area contributed by atoms with Crippen molar-refractivity contribution < 1.29 is 9.53 Å². The predicted molar refractivity (Wildman–Crippen MR) is 69.7 cm³/mol. The zero-order valence-electron chi connectivity index (χ0n) is 10.3. The number of H-pyrrole nitrogens is 1. The van der Waals surface area contributed by atoms with E-state index in [0.717, 1.165) is 22.2 Å². The van der Waals surface area contributed by atoms with Gasteiger partial charge in [-0.2, -0.15) is 0 Å². The lowest BCUT2D eigenvalue weighted by molar-refractivity contribution is 0.107. The molecular formula is C14H14N2O2. The number of para-hydroxylation sites is 1. The third-order valence-electron chi connectivity index (χ3n) is 3.45. The smallest absolute Gasteiger partial charge is 0.145 e. The summed E-state index contributed by atoms with van der Waals surface area (Å²) in [5.74, 6) is 2.02. The van der Waals surface area contributed by atoms with E-state index < -0.39 is 6.23 Å². The van der Waals surface area contributed by atoms with Crippen LogP contribution in [0.15, 0.2) is 24.3 Å². The fourth-order valence-corrected chi connectivity index (χ4v) is 2.59. The zero-order valence-corrected chi connectivity index (χ0v) is 10.3. The molecule has 0 saturated carbocycles. The van der Waals surface area contributed by atoms with Crippen molar-refractivity contribution in [2.45, 2.75) is 19.2 Å². The molecule has 0 radical (unpaired) electrons. The van der Waals surface area contributed by atoms with Crippen LogP contribution in [-0.4, -0.2) is 24.3 Å². The second kappa shape index (κ2) is 4.10. The van der Waals surface area contributed by atoms with Crippen molar-refractivity contribution in [1.82, 2.24) is 10.3 Å². The number of hydrogen-bond donors (Lipinski definition) is 2. The molecule has 1 aromatic carbocycles. The molecule has 1 aliphatic rings. The molecule has 0 amide bonds. The highest BCUT2D eigenvalue weighted by Gasteiger charge is 2.32. The number of methoxy groups -OCH3 is 1. The van der Waals surface area contributed by atoms with Crippen LogP contribution in [0.5, 0.6) is 0 Å². The van der Waals surface area contributed by atoms with Gasteiger partial charge in [-0.05, 0) is 13.0 Å². The summed E-state index contributed by atoms with van der Waals surface area (Å²) in [6.45, 7) is 2.04. The maximum Gasteiger partial charge on any atom is 0.145 e. The van der Waals surface area contributed by atoms with E-state index >= 15 is 0 Å². The summed E-state index contributed by atoms with van der Waals surface area (Å²) in [7, 11) is 1.58. The van der Waals surface area contributed by atoms with Gasteiger partial charge in [-0.1, -0.05) is 18.2 Å². The van der Waals surface area contributed by atoms with Crippen LogP contribution in [0.2, 0.25) is 0 Å². The van der Waals surface area contributed by atoms with Gasteiger partial charge in [-0.3, -0.25) is 5.32 Å². The normalized spacial score (nSPS) is 22.9. The van der Waals surface area contributed by atoms with Crippen molar-refractivity contribution in [3.05, 3.63) is 35.5 Å². The van der Waals surface area contributed by atoms with E-state index in [1.807, 2.05) is 37.1 Å². The van der Waals surface area contributed by atoms with E-state index in [1.54, 1.807) is 7.11 Å². The second-order valence-electron chi connectivity index (χ2n) is 4.48. The number of hydrogen-bond acceptors (Lipinski definition) is 3. The van der Waals surface area contributed by atoms with Crippen molar-refractivity contribution in [3.8, 4) is 0 Å². The molecule has 3 rings (SSSR count). The Balaban J connectivity index is 2.34. The molecule has 92 valence electrons. The Labute approximate surface area is 105 Å². The topological polar surface area (TPSA) is 54.1 Å². The molecule has 2 atom stereocenters. The molecule has 2 unspecified atom stereocenters. The molecule has 0 bridgehead atoms. The van der Waals surface area contributed by atoms with Crippen molar-refractivity contribution in [2.75, 3.05) is 7.11 Å². The van der Waals surface area contributed by atoms with E-state index in [1.165, 1.54) is 0 Å². The first-order valence-corrected chi connectivity index (χ1v) is 5.91.